The Morgan fingerprint density at radius 2 is 1.88 bits per heavy atom. The van der Waals surface area contributed by atoms with Crippen molar-refractivity contribution >= 4 is 0 Å². The molecular weight excluding hydrogens is 208 g/mol. The maximum absolute atomic E-state index is 4.59. The van der Waals surface area contributed by atoms with Crippen LogP contribution in [-0.4, -0.2) is 11.0 Å². The second-order valence-corrected chi connectivity index (χ2v) is 5.45. The standard InChI is InChI=1S/C15H24N2/c1-10-9-11(2)16-12(3)15(10)13(4)17-14-7-5-6-8-14/h9,13-14,17H,5-8H2,1-4H3. The smallest absolute Gasteiger partial charge is 0.0426 e. The molecule has 1 atom stereocenters. The summed E-state index contributed by atoms with van der Waals surface area (Å²) >= 11 is 0. The lowest BCUT2D eigenvalue weighted by Crippen LogP contribution is -2.30. The zero-order valence-corrected chi connectivity index (χ0v) is 11.5. The van der Waals surface area contributed by atoms with Gasteiger partial charge in [0.15, 0.2) is 0 Å². The molecule has 1 unspecified atom stereocenters. The van der Waals surface area contributed by atoms with Gasteiger partial charge in [0.25, 0.3) is 0 Å². The maximum atomic E-state index is 4.59. The maximum Gasteiger partial charge on any atom is 0.0426 e. The van der Waals surface area contributed by atoms with Crippen LogP contribution in [0, 0.1) is 20.8 Å². The van der Waals surface area contributed by atoms with Gasteiger partial charge in [0, 0.05) is 23.5 Å². The fourth-order valence-electron chi connectivity index (χ4n) is 3.22. The molecule has 1 heterocycles. The molecule has 1 N–H and O–H groups in total. The van der Waals surface area contributed by atoms with E-state index in [1.54, 1.807) is 0 Å². The highest BCUT2D eigenvalue weighted by atomic mass is 15.0. The van der Waals surface area contributed by atoms with Crippen LogP contribution in [-0.2, 0) is 0 Å². The van der Waals surface area contributed by atoms with Crippen molar-refractivity contribution in [1.82, 2.24) is 10.3 Å². The third-order valence-corrected chi connectivity index (χ3v) is 3.86. The highest BCUT2D eigenvalue weighted by molar-refractivity contribution is 5.33. The van der Waals surface area contributed by atoms with E-state index in [1.165, 1.54) is 42.5 Å². The van der Waals surface area contributed by atoms with Crippen LogP contribution in [0.1, 0.15) is 61.2 Å². The molecule has 0 aromatic carbocycles. The topological polar surface area (TPSA) is 24.9 Å². The lowest BCUT2D eigenvalue weighted by Gasteiger charge is -2.22. The Hall–Kier alpha value is -0.890. The van der Waals surface area contributed by atoms with Crippen LogP contribution in [0.25, 0.3) is 0 Å². The summed E-state index contributed by atoms with van der Waals surface area (Å²) in [4.78, 5) is 4.59. The summed E-state index contributed by atoms with van der Waals surface area (Å²) in [5.74, 6) is 0. The summed E-state index contributed by atoms with van der Waals surface area (Å²) in [6, 6.07) is 3.33. The Balaban J connectivity index is 2.15. The van der Waals surface area contributed by atoms with Gasteiger partial charge in [-0.2, -0.15) is 0 Å². The van der Waals surface area contributed by atoms with E-state index in [0.717, 1.165) is 5.69 Å². The fraction of sp³-hybridized carbons (Fsp3) is 0.667. The molecular formula is C15H24N2. The number of nitrogens with zero attached hydrogens (tertiary/aromatic N) is 1. The molecule has 1 fully saturated rings. The van der Waals surface area contributed by atoms with Gasteiger partial charge in [-0.25, -0.2) is 0 Å². The van der Waals surface area contributed by atoms with Gasteiger partial charge in [-0.1, -0.05) is 12.8 Å². The highest BCUT2D eigenvalue weighted by Crippen LogP contribution is 2.25. The second kappa shape index (κ2) is 5.18. The molecule has 0 saturated heterocycles. The SMILES string of the molecule is Cc1cc(C)c(C(C)NC2CCCC2)c(C)n1. The van der Waals surface area contributed by atoms with Gasteiger partial charge in [0.1, 0.15) is 0 Å². The van der Waals surface area contributed by atoms with E-state index in [1.807, 2.05) is 0 Å². The molecule has 2 rings (SSSR count). The van der Waals surface area contributed by atoms with Gasteiger partial charge in [0.05, 0.1) is 0 Å². The van der Waals surface area contributed by atoms with Crippen molar-refractivity contribution in [3.63, 3.8) is 0 Å². The van der Waals surface area contributed by atoms with Gasteiger partial charge >= 0.3 is 0 Å². The Kier molecular flexibility index (Phi) is 3.82. The van der Waals surface area contributed by atoms with E-state index in [9.17, 15) is 0 Å². The summed E-state index contributed by atoms with van der Waals surface area (Å²) in [7, 11) is 0. The minimum Gasteiger partial charge on any atom is -0.307 e. The molecule has 0 aliphatic heterocycles. The van der Waals surface area contributed by atoms with Gasteiger partial charge in [-0.3, -0.25) is 4.98 Å². The molecule has 17 heavy (non-hydrogen) atoms. The first-order chi connectivity index (χ1) is 8.08. The Morgan fingerprint density at radius 1 is 1.24 bits per heavy atom. The Bertz CT molecular complexity index is 369. The zero-order valence-electron chi connectivity index (χ0n) is 11.5. The number of nitrogens with one attached hydrogen (secondary N) is 1. The summed E-state index contributed by atoms with van der Waals surface area (Å²) in [5, 5.41) is 3.76. The van der Waals surface area contributed by atoms with Gasteiger partial charge < -0.3 is 5.32 Å². The average Bonchev–Trinajstić information content (AvgIpc) is 2.68. The van der Waals surface area contributed by atoms with Gasteiger partial charge in [0.2, 0.25) is 0 Å². The molecule has 1 aromatic heterocycles. The second-order valence-electron chi connectivity index (χ2n) is 5.45. The normalized spacial score (nSPS) is 18.6. The van der Waals surface area contributed by atoms with Crippen molar-refractivity contribution in [2.75, 3.05) is 0 Å². The summed E-state index contributed by atoms with van der Waals surface area (Å²) in [5.41, 5.74) is 5.06. The molecule has 1 aromatic rings. The number of pyridine rings is 1. The summed E-state index contributed by atoms with van der Waals surface area (Å²) in [6.07, 6.45) is 5.44. The molecule has 2 heteroatoms. The molecule has 1 aliphatic rings. The number of rotatable bonds is 3. The molecule has 0 bridgehead atoms. The first-order valence-corrected chi connectivity index (χ1v) is 6.78. The van der Waals surface area contributed by atoms with Crippen molar-refractivity contribution in [1.29, 1.82) is 0 Å². The predicted molar refractivity (Wildman–Crippen MR) is 72.3 cm³/mol. The van der Waals surface area contributed by atoms with Gasteiger partial charge in [-0.15, -0.1) is 0 Å². The van der Waals surface area contributed by atoms with E-state index >= 15 is 0 Å². The van der Waals surface area contributed by atoms with Crippen LogP contribution in [0.15, 0.2) is 6.07 Å². The minimum absolute atomic E-state index is 0.422. The third kappa shape index (κ3) is 2.86. The van der Waals surface area contributed by atoms with Crippen LogP contribution in [0.2, 0.25) is 0 Å². The fourth-order valence-corrected chi connectivity index (χ4v) is 3.22. The zero-order chi connectivity index (χ0) is 12.4. The van der Waals surface area contributed by atoms with E-state index < -0.39 is 0 Å². The quantitative estimate of drug-likeness (QED) is 0.861. The minimum atomic E-state index is 0.422. The number of hydrogen-bond donors (Lipinski definition) is 1. The first-order valence-electron chi connectivity index (χ1n) is 6.78. The van der Waals surface area contributed by atoms with Crippen LogP contribution in [0.3, 0.4) is 0 Å². The average molecular weight is 232 g/mol. The van der Waals surface area contributed by atoms with Crippen LogP contribution in [0.4, 0.5) is 0 Å². The van der Waals surface area contributed by atoms with Crippen LogP contribution in [0.5, 0.6) is 0 Å². The van der Waals surface area contributed by atoms with E-state index in [-0.39, 0.29) is 0 Å². The molecule has 0 amide bonds. The number of aryl methyl sites for hydroxylation is 3. The lowest BCUT2D eigenvalue weighted by atomic mass is 9.99. The molecule has 2 nitrogen and oxygen atoms in total. The number of hydrogen-bond acceptors (Lipinski definition) is 2. The predicted octanol–water partition coefficient (Wildman–Crippen LogP) is 3.60. The van der Waals surface area contributed by atoms with E-state index in [2.05, 4.69) is 44.1 Å². The summed E-state index contributed by atoms with van der Waals surface area (Å²) in [6.45, 7) is 8.66. The van der Waals surface area contributed by atoms with Crippen molar-refractivity contribution in [2.45, 2.75) is 65.5 Å². The highest BCUT2D eigenvalue weighted by Gasteiger charge is 2.19. The van der Waals surface area contributed by atoms with Crippen LogP contribution >= 0.6 is 0 Å². The van der Waals surface area contributed by atoms with Crippen molar-refractivity contribution < 1.29 is 0 Å². The van der Waals surface area contributed by atoms with Crippen molar-refractivity contribution in [3.05, 3.63) is 28.6 Å². The van der Waals surface area contributed by atoms with E-state index in [4.69, 9.17) is 0 Å². The van der Waals surface area contributed by atoms with Gasteiger partial charge in [-0.05, 0) is 57.7 Å². The molecule has 1 aliphatic carbocycles. The van der Waals surface area contributed by atoms with E-state index in [0.29, 0.717) is 12.1 Å². The lowest BCUT2D eigenvalue weighted by molar-refractivity contribution is 0.458. The summed E-state index contributed by atoms with van der Waals surface area (Å²) < 4.78 is 0. The number of aromatic nitrogens is 1. The molecule has 1 saturated carbocycles. The molecule has 0 radical (unpaired) electrons. The third-order valence-electron chi connectivity index (χ3n) is 3.86. The molecule has 0 spiro atoms. The van der Waals surface area contributed by atoms with Crippen molar-refractivity contribution in [2.24, 2.45) is 0 Å². The monoisotopic (exact) mass is 232 g/mol. The van der Waals surface area contributed by atoms with Crippen molar-refractivity contribution in [3.8, 4) is 0 Å². The first kappa shape index (κ1) is 12.6. The Morgan fingerprint density at radius 3 is 2.47 bits per heavy atom. The van der Waals surface area contributed by atoms with Crippen LogP contribution < -0.4 is 5.32 Å². The largest absolute Gasteiger partial charge is 0.307 e. The Labute approximate surface area is 105 Å². The molecule has 94 valence electrons.